The first kappa shape index (κ1) is 13.5. The van der Waals surface area contributed by atoms with Gasteiger partial charge in [0.2, 0.25) is 5.91 Å². The van der Waals surface area contributed by atoms with E-state index in [1.165, 1.54) is 10.9 Å². The number of rotatable bonds is 6. The van der Waals surface area contributed by atoms with Crippen LogP contribution in [0.2, 0.25) is 0 Å². The summed E-state index contributed by atoms with van der Waals surface area (Å²) in [6.45, 7) is 3.03. The molecule has 0 aliphatic carbocycles. The molecule has 0 atom stereocenters. The Bertz CT molecular complexity index is 453. The quantitative estimate of drug-likeness (QED) is 0.654. The summed E-state index contributed by atoms with van der Waals surface area (Å²) in [7, 11) is 0. The van der Waals surface area contributed by atoms with Crippen molar-refractivity contribution in [3.8, 4) is 0 Å². The molecule has 19 heavy (non-hydrogen) atoms. The lowest BCUT2D eigenvalue weighted by Crippen LogP contribution is -2.37. The number of aromatic nitrogens is 3. The molecule has 2 N–H and O–H groups in total. The smallest absolute Gasteiger partial charge is 0.358 e. The van der Waals surface area contributed by atoms with Gasteiger partial charge in [0.15, 0.2) is 5.69 Å². The fourth-order valence-corrected chi connectivity index (χ4v) is 1.97. The van der Waals surface area contributed by atoms with Gasteiger partial charge >= 0.3 is 5.97 Å². The second-order valence-corrected chi connectivity index (χ2v) is 4.44. The van der Waals surface area contributed by atoms with Gasteiger partial charge in [-0.05, 0) is 12.8 Å². The first-order valence-corrected chi connectivity index (χ1v) is 6.29. The second-order valence-electron chi connectivity index (χ2n) is 4.44. The molecule has 1 aromatic rings. The molecule has 104 valence electrons. The molecule has 1 amide bonds. The van der Waals surface area contributed by atoms with E-state index in [4.69, 9.17) is 5.11 Å². The van der Waals surface area contributed by atoms with E-state index in [0.717, 1.165) is 25.9 Å². The third kappa shape index (κ3) is 3.75. The van der Waals surface area contributed by atoms with Gasteiger partial charge in [-0.25, -0.2) is 4.79 Å². The van der Waals surface area contributed by atoms with Crippen LogP contribution >= 0.6 is 0 Å². The number of aromatic carboxylic acids is 1. The summed E-state index contributed by atoms with van der Waals surface area (Å²) in [6.07, 6.45) is 3.54. The van der Waals surface area contributed by atoms with E-state index >= 15 is 0 Å². The molecule has 0 radical (unpaired) electrons. The molecule has 8 heteroatoms. The molecule has 1 aromatic heterocycles. The largest absolute Gasteiger partial charge is 0.476 e. The number of amides is 1. The normalized spacial score (nSPS) is 14.8. The maximum atomic E-state index is 11.7. The second kappa shape index (κ2) is 6.28. The van der Waals surface area contributed by atoms with Crippen molar-refractivity contribution in [3.63, 3.8) is 0 Å². The van der Waals surface area contributed by atoms with Gasteiger partial charge in [-0.1, -0.05) is 5.21 Å². The monoisotopic (exact) mass is 267 g/mol. The molecule has 1 saturated heterocycles. The van der Waals surface area contributed by atoms with Crippen molar-refractivity contribution in [3.05, 3.63) is 11.9 Å². The number of hydrogen-bond acceptors (Lipinski definition) is 5. The number of nitrogens with zero attached hydrogens (tertiary/aromatic N) is 4. The van der Waals surface area contributed by atoms with Crippen LogP contribution in [-0.2, 0) is 11.3 Å². The van der Waals surface area contributed by atoms with Crippen molar-refractivity contribution in [1.29, 1.82) is 0 Å². The fraction of sp³-hybridized carbons (Fsp3) is 0.636. The molecule has 0 unspecified atom stereocenters. The summed E-state index contributed by atoms with van der Waals surface area (Å²) in [5, 5.41) is 18.9. The SMILES string of the molecule is O=C(O)c1cn(CCNCC(=O)N2CCCC2)nn1. The predicted molar refractivity (Wildman–Crippen MR) is 65.7 cm³/mol. The molecule has 0 saturated carbocycles. The lowest BCUT2D eigenvalue weighted by molar-refractivity contribution is -0.129. The highest BCUT2D eigenvalue weighted by Crippen LogP contribution is 2.06. The molecule has 1 aliphatic heterocycles. The summed E-state index contributed by atoms with van der Waals surface area (Å²) in [5.41, 5.74) is -0.0758. The van der Waals surface area contributed by atoms with Crippen molar-refractivity contribution >= 4 is 11.9 Å². The molecule has 2 rings (SSSR count). The van der Waals surface area contributed by atoms with Crippen LogP contribution in [0.5, 0.6) is 0 Å². The topological polar surface area (TPSA) is 100 Å². The van der Waals surface area contributed by atoms with E-state index in [1.807, 2.05) is 4.90 Å². The van der Waals surface area contributed by atoms with Crippen LogP contribution in [-0.4, -0.2) is 63.1 Å². The van der Waals surface area contributed by atoms with Crippen LogP contribution in [0.3, 0.4) is 0 Å². The van der Waals surface area contributed by atoms with Gasteiger partial charge in [-0.15, -0.1) is 5.10 Å². The zero-order valence-corrected chi connectivity index (χ0v) is 10.6. The van der Waals surface area contributed by atoms with E-state index < -0.39 is 5.97 Å². The Kier molecular flexibility index (Phi) is 4.45. The van der Waals surface area contributed by atoms with Crippen LogP contribution < -0.4 is 5.32 Å². The van der Waals surface area contributed by atoms with Crippen molar-refractivity contribution in [1.82, 2.24) is 25.2 Å². The van der Waals surface area contributed by atoms with Gasteiger partial charge in [-0.2, -0.15) is 0 Å². The maximum absolute atomic E-state index is 11.7. The molecule has 1 fully saturated rings. The van der Waals surface area contributed by atoms with Crippen LogP contribution in [0, 0.1) is 0 Å². The summed E-state index contributed by atoms with van der Waals surface area (Å²) >= 11 is 0. The zero-order valence-electron chi connectivity index (χ0n) is 10.6. The Morgan fingerprint density at radius 2 is 2.11 bits per heavy atom. The van der Waals surface area contributed by atoms with Gasteiger partial charge in [0.25, 0.3) is 0 Å². The van der Waals surface area contributed by atoms with Gasteiger partial charge in [0, 0.05) is 19.6 Å². The average molecular weight is 267 g/mol. The Morgan fingerprint density at radius 1 is 1.37 bits per heavy atom. The average Bonchev–Trinajstić information content (AvgIpc) is 3.05. The number of carbonyl (C=O) groups excluding carboxylic acids is 1. The van der Waals surface area contributed by atoms with E-state index in [9.17, 15) is 9.59 Å². The minimum Gasteiger partial charge on any atom is -0.476 e. The van der Waals surface area contributed by atoms with Crippen molar-refractivity contribution in [2.24, 2.45) is 0 Å². The summed E-state index contributed by atoms with van der Waals surface area (Å²) in [6, 6.07) is 0. The standard InChI is InChI=1S/C11H17N5O3/c17-10(15-4-1-2-5-15)7-12-3-6-16-8-9(11(18)19)13-14-16/h8,12H,1-7H2,(H,18,19). The van der Waals surface area contributed by atoms with E-state index in [0.29, 0.717) is 19.6 Å². The molecular weight excluding hydrogens is 250 g/mol. The van der Waals surface area contributed by atoms with Gasteiger partial charge in [0.1, 0.15) is 0 Å². The molecule has 2 heterocycles. The fourth-order valence-electron chi connectivity index (χ4n) is 1.97. The minimum absolute atomic E-state index is 0.0758. The number of nitrogens with one attached hydrogen (secondary N) is 1. The number of likely N-dealkylation sites (tertiary alicyclic amines) is 1. The van der Waals surface area contributed by atoms with Crippen LogP contribution in [0.15, 0.2) is 6.20 Å². The Morgan fingerprint density at radius 3 is 2.74 bits per heavy atom. The minimum atomic E-state index is -1.09. The van der Waals surface area contributed by atoms with Crippen molar-refractivity contribution in [2.45, 2.75) is 19.4 Å². The van der Waals surface area contributed by atoms with Gasteiger partial charge in [0.05, 0.1) is 19.3 Å². The molecule has 0 aromatic carbocycles. The third-order valence-corrected chi connectivity index (χ3v) is 3.01. The molecule has 8 nitrogen and oxygen atoms in total. The van der Waals surface area contributed by atoms with Crippen LogP contribution in [0.4, 0.5) is 0 Å². The Balaban J connectivity index is 1.65. The molecular formula is C11H17N5O3. The lowest BCUT2D eigenvalue weighted by Gasteiger charge is -2.15. The zero-order chi connectivity index (χ0) is 13.7. The predicted octanol–water partition coefficient (Wildman–Crippen LogP) is -0.812. The number of carboxylic acids is 1. The number of hydrogen-bond donors (Lipinski definition) is 2. The highest BCUT2D eigenvalue weighted by atomic mass is 16.4. The van der Waals surface area contributed by atoms with E-state index in [-0.39, 0.29) is 11.6 Å². The third-order valence-electron chi connectivity index (χ3n) is 3.01. The molecule has 0 spiro atoms. The Labute approximate surface area is 110 Å². The van der Waals surface area contributed by atoms with Gasteiger partial charge < -0.3 is 15.3 Å². The van der Waals surface area contributed by atoms with Crippen molar-refractivity contribution in [2.75, 3.05) is 26.2 Å². The maximum Gasteiger partial charge on any atom is 0.358 e. The summed E-state index contributed by atoms with van der Waals surface area (Å²) < 4.78 is 1.44. The van der Waals surface area contributed by atoms with Crippen LogP contribution in [0.1, 0.15) is 23.3 Å². The lowest BCUT2D eigenvalue weighted by atomic mass is 10.4. The summed E-state index contributed by atoms with van der Waals surface area (Å²) in [4.78, 5) is 24.2. The van der Waals surface area contributed by atoms with E-state index in [1.54, 1.807) is 0 Å². The van der Waals surface area contributed by atoms with Gasteiger partial charge in [-0.3, -0.25) is 9.48 Å². The summed E-state index contributed by atoms with van der Waals surface area (Å²) in [5.74, 6) is -0.981. The number of carboxylic acid groups (broad SMARTS) is 1. The first-order chi connectivity index (χ1) is 9.16. The van der Waals surface area contributed by atoms with Crippen LogP contribution in [0.25, 0.3) is 0 Å². The number of carbonyl (C=O) groups is 2. The highest BCUT2D eigenvalue weighted by Gasteiger charge is 2.16. The van der Waals surface area contributed by atoms with E-state index in [2.05, 4.69) is 15.6 Å². The van der Waals surface area contributed by atoms with Crippen molar-refractivity contribution < 1.29 is 14.7 Å². The first-order valence-electron chi connectivity index (χ1n) is 6.29. The highest BCUT2D eigenvalue weighted by molar-refractivity contribution is 5.84. The Hall–Kier alpha value is -1.96. The molecule has 1 aliphatic rings. The molecule has 0 bridgehead atoms.